The van der Waals surface area contributed by atoms with Crippen molar-refractivity contribution >= 4 is 34.6 Å². The Hall–Kier alpha value is -4.93. The SMILES string of the molecule is CC(C)(C)OC(=O)N[C@@H](C(=O)N1CCC(OC2CCN(CC(=O)N3CCN(C(=O)c4cc(Cc5n[nH]c(=O)c6ccccc56)ccc4F)CC3)CC2)CC1)C1CCOCC1. The summed E-state index contributed by atoms with van der Waals surface area (Å²) in [5.41, 5.74) is 0.327. The van der Waals surface area contributed by atoms with Gasteiger partial charge in [-0.15, -0.1) is 0 Å². The maximum absolute atomic E-state index is 15.0. The highest BCUT2D eigenvalue weighted by atomic mass is 19.1. The molecule has 16 heteroatoms. The topological polar surface area (TPSA) is 167 Å². The Kier molecular flexibility index (Phi) is 13.8. The van der Waals surface area contributed by atoms with E-state index in [1.807, 2.05) is 17.0 Å². The van der Waals surface area contributed by atoms with E-state index >= 15 is 4.39 Å². The molecular weight excluding hydrogens is 774 g/mol. The normalized spacial score (nSPS) is 19.6. The summed E-state index contributed by atoms with van der Waals surface area (Å²) in [6.45, 7) is 10.7. The molecule has 5 heterocycles. The Balaban J connectivity index is 0.828. The molecule has 0 bridgehead atoms. The van der Waals surface area contributed by atoms with Crippen molar-refractivity contribution in [3.63, 3.8) is 0 Å². The first-order valence-corrected chi connectivity index (χ1v) is 21.4. The molecule has 60 heavy (non-hydrogen) atoms. The lowest BCUT2D eigenvalue weighted by atomic mass is 9.90. The number of amides is 4. The zero-order valence-electron chi connectivity index (χ0n) is 35.0. The lowest BCUT2D eigenvalue weighted by Gasteiger charge is -2.40. The minimum Gasteiger partial charge on any atom is -0.444 e. The second-order valence-corrected chi connectivity index (χ2v) is 17.4. The van der Waals surface area contributed by atoms with Crippen molar-refractivity contribution in [2.45, 2.75) is 89.6 Å². The molecule has 4 fully saturated rings. The van der Waals surface area contributed by atoms with Gasteiger partial charge in [-0.2, -0.15) is 5.10 Å². The van der Waals surface area contributed by atoms with Crippen molar-refractivity contribution in [2.75, 3.05) is 72.1 Å². The molecule has 0 unspecified atom stereocenters. The van der Waals surface area contributed by atoms with Gasteiger partial charge in [0.1, 0.15) is 17.5 Å². The van der Waals surface area contributed by atoms with Crippen LogP contribution in [0.4, 0.5) is 9.18 Å². The minimum absolute atomic E-state index is 0.00697. The number of nitrogens with zero attached hydrogens (tertiary/aromatic N) is 5. The number of hydrogen-bond acceptors (Lipinski definition) is 10. The molecule has 2 aromatic carbocycles. The molecule has 15 nitrogen and oxygen atoms in total. The molecule has 3 aromatic rings. The average molecular weight is 832 g/mol. The van der Waals surface area contributed by atoms with Gasteiger partial charge in [-0.1, -0.05) is 24.3 Å². The Morgan fingerprint density at radius 2 is 1.48 bits per heavy atom. The number of aromatic nitrogens is 2. The fraction of sp³-hybridized carbons (Fsp3) is 0.591. The molecule has 4 amide bonds. The Morgan fingerprint density at radius 3 is 2.15 bits per heavy atom. The summed E-state index contributed by atoms with van der Waals surface area (Å²) in [7, 11) is 0. The van der Waals surface area contributed by atoms with Crippen molar-refractivity contribution < 1.29 is 37.8 Å². The van der Waals surface area contributed by atoms with Gasteiger partial charge in [0.05, 0.1) is 35.4 Å². The number of nitrogens with one attached hydrogen (secondary N) is 2. The maximum Gasteiger partial charge on any atom is 0.408 e. The van der Waals surface area contributed by atoms with E-state index in [9.17, 15) is 24.0 Å². The van der Waals surface area contributed by atoms with Crippen LogP contribution < -0.4 is 10.9 Å². The number of alkyl carbamates (subject to hydrolysis) is 1. The smallest absolute Gasteiger partial charge is 0.408 e. The maximum atomic E-state index is 15.0. The molecule has 7 rings (SSSR count). The zero-order valence-corrected chi connectivity index (χ0v) is 35.0. The lowest BCUT2D eigenvalue weighted by Crippen LogP contribution is -2.56. The fourth-order valence-electron chi connectivity index (χ4n) is 8.72. The third-order valence-electron chi connectivity index (χ3n) is 12.0. The predicted molar refractivity (Wildman–Crippen MR) is 221 cm³/mol. The van der Waals surface area contributed by atoms with Crippen molar-refractivity contribution in [1.29, 1.82) is 0 Å². The van der Waals surface area contributed by atoms with Gasteiger partial charge < -0.3 is 34.2 Å². The fourth-order valence-corrected chi connectivity index (χ4v) is 8.72. The van der Waals surface area contributed by atoms with Gasteiger partial charge >= 0.3 is 6.09 Å². The van der Waals surface area contributed by atoms with Crippen LogP contribution in [0.1, 0.15) is 80.9 Å². The summed E-state index contributed by atoms with van der Waals surface area (Å²) in [5.74, 6) is -1.12. The summed E-state index contributed by atoms with van der Waals surface area (Å²) < 4.78 is 32.5. The number of hydrogen-bond donors (Lipinski definition) is 2. The molecule has 2 N–H and O–H groups in total. The molecule has 1 aromatic heterocycles. The van der Waals surface area contributed by atoms with Crippen LogP contribution in [0.5, 0.6) is 0 Å². The minimum atomic E-state index is -0.668. The number of ether oxygens (including phenoxy) is 3. The average Bonchev–Trinajstić information content (AvgIpc) is 3.25. The number of aromatic amines is 1. The van der Waals surface area contributed by atoms with Crippen LogP contribution in [0.25, 0.3) is 10.8 Å². The van der Waals surface area contributed by atoms with E-state index in [4.69, 9.17) is 14.2 Å². The van der Waals surface area contributed by atoms with Crippen LogP contribution in [0.3, 0.4) is 0 Å². The Bertz CT molecular complexity index is 2060. The summed E-state index contributed by atoms with van der Waals surface area (Å²) in [6, 6.07) is 10.9. The molecule has 1 atom stereocenters. The number of benzene rings is 2. The third-order valence-corrected chi connectivity index (χ3v) is 12.0. The first-order chi connectivity index (χ1) is 28.8. The standard InChI is InChI=1S/C44H58FN7O8/c1-44(2,3)60-43(57)46-39(30-14-24-58-25-15-30)42(56)51-18-12-32(13-19-51)59-31-10-16-49(17-11-31)28-38(53)50-20-22-52(23-21-50)41(55)35-26-29(8-9-36(35)45)27-37-33-6-4-5-7-34(33)40(54)48-47-37/h4-9,26,30-32,39H,10-25,27-28H2,1-3H3,(H,46,57)(H,48,54)/t39-/m1/s1. The third kappa shape index (κ3) is 10.9. The summed E-state index contributed by atoms with van der Waals surface area (Å²) >= 11 is 0. The zero-order chi connectivity index (χ0) is 42.4. The number of halogens is 1. The van der Waals surface area contributed by atoms with Crippen molar-refractivity contribution in [1.82, 2.24) is 35.1 Å². The van der Waals surface area contributed by atoms with E-state index in [-0.39, 0.29) is 47.6 Å². The summed E-state index contributed by atoms with van der Waals surface area (Å²) in [4.78, 5) is 72.9. The monoisotopic (exact) mass is 831 g/mol. The predicted octanol–water partition coefficient (Wildman–Crippen LogP) is 3.73. The molecular formula is C44H58FN7O8. The second kappa shape index (κ2) is 19.2. The highest BCUT2D eigenvalue weighted by Crippen LogP contribution is 2.26. The van der Waals surface area contributed by atoms with Crippen LogP contribution in [-0.4, -0.2) is 150 Å². The number of rotatable bonds is 10. The lowest BCUT2D eigenvalue weighted by molar-refractivity contribution is -0.140. The highest BCUT2D eigenvalue weighted by molar-refractivity contribution is 5.95. The Morgan fingerprint density at radius 1 is 0.850 bits per heavy atom. The van der Waals surface area contributed by atoms with Crippen molar-refractivity contribution in [3.8, 4) is 0 Å². The molecule has 0 spiro atoms. The number of H-pyrrole nitrogens is 1. The molecule has 4 aliphatic heterocycles. The van der Waals surface area contributed by atoms with Gasteiger partial charge in [0, 0.05) is 77.4 Å². The molecule has 0 radical (unpaired) electrons. The quantitative estimate of drug-likeness (QED) is 0.308. The highest BCUT2D eigenvalue weighted by Gasteiger charge is 2.37. The number of likely N-dealkylation sites (tertiary alicyclic amines) is 2. The van der Waals surface area contributed by atoms with Crippen LogP contribution in [0.2, 0.25) is 0 Å². The number of carbonyl (C=O) groups is 4. The van der Waals surface area contributed by atoms with Crippen LogP contribution >= 0.6 is 0 Å². The Labute approximate surface area is 349 Å². The molecule has 4 aliphatic rings. The van der Waals surface area contributed by atoms with E-state index in [0.29, 0.717) is 93.8 Å². The number of fused-ring (bicyclic) bond motifs is 1. The number of piperazine rings is 1. The van der Waals surface area contributed by atoms with E-state index < -0.39 is 29.5 Å². The first kappa shape index (κ1) is 43.2. The second-order valence-electron chi connectivity index (χ2n) is 17.4. The van der Waals surface area contributed by atoms with Crippen LogP contribution in [-0.2, 0) is 30.2 Å². The van der Waals surface area contributed by atoms with E-state index in [2.05, 4.69) is 20.4 Å². The molecule has 0 aliphatic carbocycles. The van der Waals surface area contributed by atoms with Gasteiger partial charge in [-0.25, -0.2) is 14.3 Å². The van der Waals surface area contributed by atoms with Gasteiger partial charge in [-0.05, 0) is 89.0 Å². The largest absolute Gasteiger partial charge is 0.444 e. The van der Waals surface area contributed by atoms with Crippen molar-refractivity contribution in [3.05, 3.63) is 75.5 Å². The van der Waals surface area contributed by atoms with Crippen LogP contribution in [0.15, 0.2) is 47.3 Å². The summed E-state index contributed by atoms with van der Waals surface area (Å²) in [5, 5.41) is 10.8. The van der Waals surface area contributed by atoms with Gasteiger partial charge in [0.15, 0.2) is 0 Å². The van der Waals surface area contributed by atoms with E-state index in [1.165, 1.54) is 6.07 Å². The van der Waals surface area contributed by atoms with Gasteiger partial charge in [0.25, 0.3) is 11.5 Å². The van der Waals surface area contributed by atoms with Gasteiger partial charge in [0.2, 0.25) is 11.8 Å². The molecule has 4 saturated heterocycles. The molecule has 324 valence electrons. The van der Waals surface area contributed by atoms with Crippen LogP contribution in [0, 0.1) is 11.7 Å². The van der Waals surface area contributed by atoms with E-state index in [1.54, 1.807) is 54.8 Å². The number of carbonyl (C=O) groups excluding carboxylic acids is 4. The van der Waals surface area contributed by atoms with Gasteiger partial charge in [-0.3, -0.25) is 24.1 Å². The van der Waals surface area contributed by atoms with Crippen molar-refractivity contribution in [2.24, 2.45) is 5.92 Å². The van der Waals surface area contributed by atoms with E-state index in [0.717, 1.165) is 38.8 Å². The first-order valence-electron chi connectivity index (χ1n) is 21.4. The molecule has 0 saturated carbocycles. The number of piperidine rings is 2. The summed E-state index contributed by atoms with van der Waals surface area (Å²) in [6.07, 6.45) is 4.28.